The molecule has 1 fully saturated rings. The molecule has 0 saturated heterocycles. The summed E-state index contributed by atoms with van der Waals surface area (Å²) in [5.41, 5.74) is -2.12. The van der Waals surface area contributed by atoms with Crippen LogP contribution in [0.3, 0.4) is 0 Å². The molecule has 0 aliphatic heterocycles. The Labute approximate surface area is 186 Å². The number of sulfone groups is 1. The number of pyridine rings is 1. The van der Waals surface area contributed by atoms with Crippen molar-refractivity contribution in [1.82, 2.24) is 4.98 Å². The van der Waals surface area contributed by atoms with Gasteiger partial charge in [0.05, 0.1) is 27.1 Å². The van der Waals surface area contributed by atoms with Crippen LogP contribution in [0.4, 0.5) is 32.0 Å². The van der Waals surface area contributed by atoms with Crippen LogP contribution < -0.4 is 5.32 Å². The van der Waals surface area contributed by atoms with Gasteiger partial charge in [-0.3, -0.25) is 4.79 Å². The van der Waals surface area contributed by atoms with Crippen LogP contribution in [0.2, 0.25) is 0 Å². The van der Waals surface area contributed by atoms with Gasteiger partial charge in [0.2, 0.25) is 5.91 Å². The molecule has 0 radical (unpaired) electrons. The number of aromatic nitrogens is 1. The zero-order chi connectivity index (χ0) is 24.8. The maximum absolute atomic E-state index is 13.1. The predicted molar refractivity (Wildman–Crippen MR) is 107 cm³/mol. The second kappa shape index (κ2) is 8.30. The number of nitrogens with one attached hydrogen (secondary N) is 1. The van der Waals surface area contributed by atoms with Crippen LogP contribution >= 0.6 is 0 Å². The Morgan fingerprint density at radius 2 is 1.64 bits per heavy atom. The minimum absolute atomic E-state index is 0.0623. The summed E-state index contributed by atoms with van der Waals surface area (Å²) in [6.45, 7) is 2.81. The van der Waals surface area contributed by atoms with Gasteiger partial charge in [-0.25, -0.2) is 13.4 Å². The van der Waals surface area contributed by atoms with Crippen molar-refractivity contribution in [1.29, 1.82) is 0 Å². The van der Waals surface area contributed by atoms with E-state index < -0.39 is 60.8 Å². The van der Waals surface area contributed by atoms with Crippen molar-refractivity contribution in [3.05, 3.63) is 53.9 Å². The molecule has 1 heterocycles. The Morgan fingerprint density at radius 1 is 1.00 bits per heavy atom. The van der Waals surface area contributed by atoms with Crippen LogP contribution in [-0.2, 0) is 27.0 Å². The summed E-state index contributed by atoms with van der Waals surface area (Å²) in [6.07, 6.45) is -8.11. The van der Waals surface area contributed by atoms with Crippen LogP contribution in [0.1, 0.15) is 37.9 Å². The fraction of sp³-hybridized carbons (Fsp3) is 0.429. The molecule has 2 aromatic rings. The van der Waals surface area contributed by atoms with Crippen molar-refractivity contribution in [3.8, 4) is 0 Å². The highest BCUT2D eigenvalue weighted by Gasteiger charge is 2.50. The van der Waals surface area contributed by atoms with Gasteiger partial charge in [0, 0.05) is 5.92 Å². The van der Waals surface area contributed by atoms with Crippen molar-refractivity contribution in [2.75, 3.05) is 5.32 Å². The number of hydrogen-bond acceptors (Lipinski definition) is 4. The molecular formula is C21H20F6N2O3S. The Morgan fingerprint density at radius 3 is 2.15 bits per heavy atom. The number of anilines is 1. The summed E-state index contributed by atoms with van der Waals surface area (Å²) in [5.74, 6) is -1.59. The van der Waals surface area contributed by atoms with Crippen molar-refractivity contribution in [2.24, 2.45) is 11.8 Å². The number of halogens is 6. The molecule has 0 atom stereocenters. The second-order valence-electron chi connectivity index (χ2n) is 8.42. The van der Waals surface area contributed by atoms with E-state index in [1.165, 1.54) is 13.8 Å². The summed E-state index contributed by atoms with van der Waals surface area (Å²) >= 11 is 0. The van der Waals surface area contributed by atoms with Crippen molar-refractivity contribution in [2.45, 2.75) is 48.7 Å². The van der Waals surface area contributed by atoms with Gasteiger partial charge in [0.15, 0.2) is 9.84 Å². The minimum atomic E-state index is -4.69. The van der Waals surface area contributed by atoms with Gasteiger partial charge in [0.1, 0.15) is 5.69 Å². The Bertz CT molecular complexity index is 1140. The fourth-order valence-electron chi connectivity index (χ4n) is 3.64. The molecule has 180 valence electrons. The number of nitrogens with zero attached hydrogens (tertiary/aromatic N) is 1. The lowest BCUT2D eigenvalue weighted by Gasteiger charge is -2.44. The Hall–Kier alpha value is -2.63. The van der Waals surface area contributed by atoms with Crippen LogP contribution in [0.15, 0.2) is 47.5 Å². The number of amides is 1. The van der Waals surface area contributed by atoms with Crippen LogP contribution in [0, 0.1) is 11.8 Å². The molecule has 5 nitrogen and oxygen atoms in total. The van der Waals surface area contributed by atoms with E-state index in [4.69, 9.17) is 0 Å². The molecular weight excluding hydrogens is 474 g/mol. The monoisotopic (exact) mass is 494 g/mol. The molecule has 0 bridgehead atoms. The van der Waals surface area contributed by atoms with Gasteiger partial charge >= 0.3 is 12.4 Å². The third-order valence-corrected chi connectivity index (χ3v) is 8.57. The lowest BCUT2D eigenvalue weighted by atomic mass is 9.68. The highest BCUT2D eigenvalue weighted by molar-refractivity contribution is 7.92. The molecule has 1 saturated carbocycles. The molecule has 1 aliphatic carbocycles. The molecule has 1 amide bonds. The number of carbonyl (C=O) groups excluding carboxylic acids is 1. The van der Waals surface area contributed by atoms with E-state index in [1.807, 2.05) is 0 Å². The van der Waals surface area contributed by atoms with E-state index in [9.17, 15) is 39.6 Å². The van der Waals surface area contributed by atoms with Gasteiger partial charge in [0.25, 0.3) is 0 Å². The summed E-state index contributed by atoms with van der Waals surface area (Å²) in [6, 6.07) is 5.30. The normalized spacial score (nSPS) is 19.6. The molecule has 1 aliphatic rings. The number of carbonyl (C=O) groups is 1. The molecule has 1 aromatic carbocycles. The zero-order valence-corrected chi connectivity index (χ0v) is 18.3. The highest BCUT2D eigenvalue weighted by Crippen LogP contribution is 2.47. The molecule has 0 spiro atoms. The topological polar surface area (TPSA) is 76.1 Å². The number of benzene rings is 1. The third kappa shape index (κ3) is 4.99. The van der Waals surface area contributed by atoms with E-state index in [0.717, 1.165) is 36.5 Å². The van der Waals surface area contributed by atoms with E-state index in [0.29, 0.717) is 6.07 Å². The van der Waals surface area contributed by atoms with Gasteiger partial charge in [-0.2, -0.15) is 26.3 Å². The van der Waals surface area contributed by atoms with Crippen LogP contribution in [0.25, 0.3) is 0 Å². The molecule has 1 aromatic heterocycles. The first-order valence-corrected chi connectivity index (χ1v) is 11.3. The van der Waals surface area contributed by atoms with Crippen LogP contribution in [0.5, 0.6) is 0 Å². The zero-order valence-electron chi connectivity index (χ0n) is 17.5. The van der Waals surface area contributed by atoms with Crippen molar-refractivity contribution < 1.29 is 39.6 Å². The quantitative estimate of drug-likeness (QED) is 0.570. The van der Waals surface area contributed by atoms with Gasteiger partial charge < -0.3 is 5.32 Å². The minimum Gasteiger partial charge on any atom is -0.324 e. The average Bonchev–Trinajstić information content (AvgIpc) is 2.65. The smallest absolute Gasteiger partial charge is 0.324 e. The predicted octanol–water partition coefficient (Wildman–Crippen LogP) is 5.34. The number of hydrogen-bond donors (Lipinski definition) is 1. The molecule has 1 N–H and O–H groups in total. The summed E-state index contributed by atoms with van der Waals surface area (Å²) in [7, 11) is -4.16. The molecule has 3 rings (SSSR count). The Kier molecular flexibility index (Phi) is 6.29. The van der Waals surface area contributed by atoms with E-state index in [2.05, 4.69) is 10.3 Å². The van der Waals surface area contributed by atoms with E-state index in [1.54, 1.807) is 0 Å². The third-order valence-electron chi connectivity index (χ3n) is 5.98. The average molecular weight is 494 g/mol. The number of alkyl halides is 6. The standard InChI is InChI=1S/C21H20F6N2O3S/c1-19(2,33(31,32)16-5-3-4-13(10-16)20(22,23)24)14-8-12(9-14)18(30)29-15-6-7-17(28-11-15)21(25,26)27/h3-7,10-12,14H,8-9H2,1-2H3,(H,29,30)/t12-,14+. The first-order chi connectivity index (χ1) is 15.0. The van der Waals surface area contributed by atoms with Crippen LogP contribution in [-0.4, -0.2) is 24.1 Å². The van der Waals surface area contributed by atoms with E-state index >= 15 is 0 Å². The molecule has 33 heavy (non-hydrogen) atoms. The van der Waals surface area contributed by atoms with E-state index in [-0.39, 0.29) is 18.5 Å². The summed E-state index contributed by atoms with van der Waals surface area (Å²) in [5, 5.41) is 2.45. The maximum Gasteiger partial charge on any atom is 0.433 e. The first kappa shape index (κ1) is 25.0. The summed E-state index contributed by atoms with van der Waals surface area (Å²) in [4.78, 5) is 15.2. The molecule has 12 heteroatoms. The lowest BCUT2D eigenvalue weighted by molar-refractivity contribution is -0.141. The van der Waals surface area contributed by atoms with Gasteiger partial charge in [-0.1, -0.05) is 6.07 Å². The second-order valence-corrected chi connectivity index (χ2v) is 10.9. The SMILES string of the molecule is CC(C)([C@H]1C[C@@H](C(=O)Nc2ccc(C(F)(F)F)nc2)C1)S(=O)(=O)c1cccc(C(F)(F)F)c1. The molecule has 0 unspecified atom stereocenters. The summed E-state index contributed by atoms with van der Waals surface area (Å²) < 4.78 is 101. The number of rotatable bonds is 5. The lowest BCUT2D eigenvalue weighted by Crippen LogP contribution is -2.49. The van der Waals surface area contributed by atoms with Gasteiger partial charge in [-0.05, 0) is 62.9 Å². The van der Waals surface area contributed by atoms with Gasteiger partial charge in [-0.15, -0.1) is 0 Å². The Balaban J connectivity index is 1.67. The maximum atomic E-state index is 13.1. The highest BCUT2D eigenvalue weighted by atomic mass is 32.2. The first-order valence-electron chi connectivity index (χ1n) is 9.79. The fourth-order valence-corrected chi connectivity index (χ4v) is 5.42. The van der Waals surface area contributed by atoms with Crippen molar-refractivity contribution >= 4 is 21.4 Å². The van der Waals surface area contributed by atoms with Crippen molar-refractivity contribution in [3.63, 3.8) is 0 Å². The largest absolute Gasteiger partial charge is 0.433 e.